The third kappa shape index (κ3) is 3.48. The lowest BCUT2D eigenvalue weighted by Gasteiger charge is -2.07. The lowest BCUT2D eigenvalue weighted by Crippen LogP contribution is -2.12. The minimum absolute atomic E-state index is 0.0202. The van der Waals surface area contributed by atoms with E-state index in [1.165, 1.54) is 18.2 Å². The van der Waals surface area contributed by atoms with Gasteiger partial charge in [0, 0.05) is 11.6 Å². The van der Waals surface area contributed by atoms with Gasteiger partial charge in [0.2, 0.25) is 0 Å². The van der Waals surface area contributed by atoms with Crippen molar-refractivity contribution in [3.05, 3.63) is 67.9 Å². The number of nitro benzene ring substituents is 1. The lowest BCUT2D eigenvalue weighted by molar-refractivity contribution is -0.384. The minimum atomic E-state index is -0.690. The van der Waals surface area contributed by atoms with Crippen molar-refractivity contribution < 1.29 is 14.1 Å². The van der Waals surface area contributed by atoms with Gasteiger partial charge in [0.15, 0.2) is 0 Å². The average Bonchev–Trinajstić information content (AvgIpc) is 2.42. The Morgan fingerprint density at radius 1 is 1.14 bits per heavy atom. The summed E-state index contributed by atoms with van der Waals surface area (Å²) >= 11 is 11.4. The van der Waals surface area contributed by atoms with Gasteiger partial charge >= 0.3 is 0 Å². The van der Waals surface area contributed by atoms with Crippen LogP contribution in [0.2, 0.25) is 10.0 Å². The van der Waals surface area contributed by atoms with Crippen LogP contribution in [0.1, 0.15) is 10.4 Å². The SMILES string of the molecule is O=C(Nc1ccc(F)cc1Cl)c1ccc(Cl)c([N+](=O)[O-])c1. The van der Waals surface area contributed by atoms with Crippen molar-refractivity contribution in [2.45, 2.75) is 0 Å². The number of hydrogen-bond acceptors (Lipinski definition) is 3. The van der Waals surface area contributed by atoms with Crippen LogP contribution in [0.4, 0.5) is 15.8 Å². The molecular formula is C13H7Cl2FN2O3. The topological polar surface area (TPSA) is 72.2 Å². The van der Waals surface area contributed by atoms with Gasteiger partial charge in [-0.25, -0.2) is 4.39 Å². The van der Waals surface area contributed by atoms with Crippen molar-refractivity contribution in [3.8, 4) is 0 Å². The molecule has 0 saturated carbocycles. The Bertz CT molecular complexity index is 737. The molecule has 108 valence electrons. The second-order valence-electron chi connectivity index (χ2n) is 4.00. The smallest absolute Gasteiger partial charge is 0.288 e. The number of anilines is 1. The minimum Gasteiger partial charge on any atom is -0.321 e. The van der Waals surface area contributed by atoms with E-state index in [4.69, 9.17) is 23.2 Å². The number of halogens is 3. The fourth-order valence-electron chi connectivity index (χ4n) is 1.58. The predicted octanol–water partition coefficient (Wildman–Crippen LogP) is 4.29. The fraction of sp³-hybridized carbons (Fsp3) is 0. The number of benzene rings is 2. The monoisotopic (exact) mass is 328 g/mol. The van der Waals surface area contributed by atoms with Crippen molar-refractivity contribution in [1.29, 1.82) is 0 Å². The summed E-state index contributed by atoms with van der Waals surface area (Å²) in [5, 5.41) is 13.2. The summed E-state index contributed by atoms with van der Waals surface area (Å²) in [6.07, 6.45) is 0. The zero-order valence-corrected chi connectivity index (χ0v) is 11.8. The molecule has 0 aromatic heterocycles. The first-order valence-corrected chi connectivity index (χ1v) is 6.34. The van der Waals surface area contributed by atoms with Crippen molar-refractivity contribution in [1.82, 2.24) is 0 Å². The van der Waals surface area contributed by atoms with Gasteiger partial charge in [-0.2, -0.15) is 0 Å². The summed E-state index contributed by atoms with van der Waals surface area (Å²) < 4.78 is 12.9. The molecule has 0 fully saturated rings. The molecule has 21 heavy (non-hydrogen) atoms. The molecule has 0 heterocycles. The number of carbonyl (C=O) groups excluding carboxylic acids is 1. The summed E-state index contributed by atoms with van der Waals surface area (Å²) in [6.45, 7) is 0. The average molecular weight is 329 g/mol. The first-order valence-electron chi connectivity index (χ1n) is 5.59. The quantitative estimate of drug-likeness (QED) is 0.674. The Kier molecular flexibility index (Phi) is 4.40. The molecular weight excluding hydrogens is 322 g/mol. The first kappa shape index (κ1) is 15.2. The molecule has 0 atom stereocenters. The molecule has 0 aliphatic carbocycles. The van der Waals surface area contributed by atoms with E-state index >= 15 is 0 Å². The molecule has 5 nitrogen and oxygen atoms in total. The van der Waals surface area contributed by atoms with Crippen LogP contribution in [0.25, 0.3) is 0 Å². The molecule has 8 heteroatoms. The van der Waals surface area contributed by atoms with Crippen LogP contribution in [0.5, 0.6) is 0 Å². The Balaban J connectivity index is 2.28. The molecule has 2 aromatic carbocycles. The van der Waals surface area contributed by atoms with Gasteiger partial charge in [-0.15, -0.1) is 0 Å². The molecule has 2 aromatic rings. The van der Waals surface area contributed by atoms with Crippen molar-refractivity contribution in [2.75, 3.05) is 5.32 Å². The molecule has 2 rings (SSSR count). The van der Waals surface area contributed by atoms with Crippen LogP contribution in [0.15, 0.2) is 36.4 Å². The van der Waals surface area contributed by atoms with Crippen LogP contribution in [0, 0.1) is 15.9 Å². The Morgan fingerprint density at radius 2 is 1.86 bits per heavy atom. The highest BCUT2D eigenvalue weighted by atomic mass is 35.5. The number of nitrogens with zero attached hydrogens (tertiary/aromatic N) is 1. The van der Waals surface area contributed by atoms with Crippen molar-refractivity contribution >= 4 is 40.5 Å². The van der Waals surface area contributed by atoms with Gasteiger partial charge in [-0.3, -0.25) is 14.9 Å². The zero-order valence-electron chi connectivity index (χ0n) is 10.3. The lowest BCUT2D eigenvalue weighted by atomic mass is 10.2. The molecule has 0 aliphatic rings. The van der Waals surface area contributed by atoms with E-state index in [0.717, 1.165) is 18.2 Å². The van der Waals surface area contributed by atoms with Gasteiger partial charge in [-0.05, 0) is 30.3 Å². The van der Waals surface area contributed by atoms with E-state index in [-0.39, 0.29) is 27.0 Å². The molecule has 0 spiro atoms. The van der Waals surface area contributed by atoms with E-state index in [1.54, 1.807) is 0 Å². The van der Waals surface area contributed by atoms with Gasteiger partial charge in [-0.1, -0.05) is 23.2 Å². The van der Waals surface area contributed by atoms with E-state index in [1.807, 2.05) is 0 Å². The third-order valence-corrected chi connectivity index (χ3v) is 3.22. The molecule has 0 aliphatic heterocycles. The second kappa shape index (κ2) is 6.07. The van der Waals surface area contributed by atoms with E-state index in [2.05, 4.69) is 5.32 Å². The summed E-state index contributed by atoms with van der Waals surface area (Å²) in [5.41, 5.74) is -0.151. The Hall–Kier alpha value is -2.18. The van der Waals surface area contributed by atoms with E-state index in [0.29, 0.717) is 0 Å². The molecule has 0 radical (unpaired) electrons. The molecule has 1 amide bonds. The molecule has 0 bridgehead atoms. The standard InChI is InChI=1S/C13H7Cl2FN2O3/c14-9-3-1-7(5-12(9)18(20)21)13(19)17-11-4-2-8(16)6-10(11)15/h1-6H,(H,17,19). The Labute approximate surface area is 128 Å². The van der Waals surface area contributed by atoms with Crippen LogP contribution >= 0.6 is 23.2 Å². The van der Waals surface area contributed by atoms with E-state index in [9.17, 15) is 19.3 Å². The predicted molar refractivity (Wildman–Crippen MR) is 77.5 cm³/mol. The fourth-order valence-corrected chi connectivity index (χ4v) is 1.98. The van der Waals surface area contributed by atoms with Gasteiger partial charge in [0.25, 0.3) is 11.6 Å². The largest absolute Gasteiger partial charge is 0.321 e. The Morgan fingerprint density at radius 3 is 2.48 bits per heavy atom. The second-order valence-corrected chi connectivity index (χ2v) is 4.82. The van der Waals surface area contributed by atoms with Crippen LogP contribution in [-0.4, -0.2) is 10.8 Å². The van der Waals surface area contributed by atoms with E-state index < -0.39 is 16.6 Å². The first-order chi connectivity index (χ1) is 9.88. The normalized spacial score (nSPS) is 10.2. The summed E-state index contributed by atoms with van der Waals surface area (Å²) in [7, 11) is 0. The number of carbonyl (C=O) groups is 1. The van der Waals surface area contributed by atoms with Crippen molar-refractivity contribution in [2.24, 2.45) is 0 Å². The van der Waals surface area contributed by atoms with Crippen molar-refractivity contribution in [3.63, 3.8) is 0 Å². The summed E-state index contributed by atoms with van der Waals surface area (Å²) in [6, 6.07) is 7.10. The number of nitrogens with one attached hydrogen (secondary N) is 1. The molecule has 0 saturated heterocycles. The van der Waals surface area contributed by atoms with Crippen LogP contribution in [-0.2, 0) is 0 Å². The van der Waals surface area contributed by atoms with Gasteiger partial charge in [0.05, 0.1) is 15.6 Å². The maximum atomic E-state index is 12.9. The van der Waals surface area contributed by atoms with Gasteiger partial charge in [0.1, 0.15) is 10.8 Å². The third-order valence-electron chi connectivity index (χ3n) is 2.58. The number of nitro groups is 1. The summed E-state index contributed by atoms with van der Waals surface area (Å²) in [5.74, 6) is -1.16. The maximum absolute atomic E-state index is 12.9. The highest BCUT2D eigenvalue weighted by Gasteiger charge is 2.17. The maximum Gasteiger partial charge on any atom is 0.288 e. The highest BCUT2D eigenvalue weighted by Crippen LogP contribution is 2.27. The number of rotatable bonds is 3. The number of hydrogen-bond donors (Lipinski definition) is 1. The van der Waals surface area contributed by atoms with Crippen LogP contribution in [0.3, 0.4) is 0 Å². The zero-order chi connectivity index (χ0) is 15.6. The highest BCUT2D eigenvalue weighted by molar-refractivity contribution is 6.34. The summed E-state index contributed by atoms with van der Waals surface area (Å²) in [4.78, 5) is 22.1. The van der Waals surface area contributed by atoms with Gasteiger partial charge < -0.3 is 5.32 Å². The molecule has 1 N–H and O–H groups in total. The number of amides is 1. The van der Waals surface area contributed by atoms with Crippen LogP contribution < -0.4 is 5.32 Å². The molecule has 0 unspecified atom stereocenters.